The number of anilines is 1. The molecule has 1 rings (SSSR count). The van der Waals surface area contributed by atoms with Gasteiger partial charge in [0.25, 0.3) is 0 Å². The fourth-order valence-corrected chi connectivity index (χ4v) is 1.73. The van der Waals surface area contributed by atoms with E-state index >= 15 is 0 Å². The molecule has 0 spiro atoms. The molecule has 0 fully saturated rings. The highest BCUT2D eigenvalue weighted by Gasteiger charge is 1.95. The zero-order chi connectivity index (χ0) is 9.52. The minimum absolute atomic E-state index is 0.925. The Bertz CT molecular complexity index is 250. The van der Waals surface area contributed by atoms with Gasteiger partial charge in [0.2, 0.25) is 0 Å². The highest BCUT2D eigenvalue weighted by Crippen LogP contribution is 2.17. The Labute approximate surface area is 84.1 Å². The predicted octanol–water partition coefficient (Wildman–Crippen LogP) is 3.02. The molecule has 0 aromatic carbocycles. The summed E-state index contributed by atoms with van der Waals surface area (Å²) in [6.07, 6.45) is 1.19. The number of hydrogen-bond donors (Lipinski definition) is 1. The van der Waals surface area contributed by atoms with Crippen LogP contribution in [-0.4, -0.2) is 17.3 Å². The summed E-state index contributed by atoms with van der Waals surface area (Å²) in [4.78, 5) is 4.45. The van der Waals surface area contributed by atoms with E-state index in [0.717, 1.165) is 23.1 Å². The second kappa shape index (κ2) is 5.86. The van der Waals surface area contributed by atoms with E-state index in [9.17, 15) is 0 Å². The molecule has 0 atom stereocenters. The summed E-state index contributed by atoms with van der Waals surface area (Å²) in [5, 5.41) is 4.31. The fourth-order valence-electron chi connectivity index (χ4n) is 0.981. The van der Waals surface area contributed by atoms with Crippen molar-refractivity contribution in [3.63, 3.8) is 0 Å². The molecule has 2 nitrogen and oxygen atoms in total. The molecule has 1 heterocycles. The Morgan fingerprint density at radius 2 is 2.23 bits per heavy atom. The lowest BCUT2D eigenvalue weighted by Crippen LogP contribution is -1.99. The zero-order valence-electron chi connectivity index (χ0n) is 8.21. The Balaban J connectivity index is 2.56. The maximum atomic E-state index is 4.45. The van der Waals surface area contributed by atoms with Gasteiger partial charge < -0.3 is 5.32 Å². The highest BCUT2D eigenvalue weighted by atomic mass is 32.2. The topological polar surface area (TPSA) is 24.9 Å². The first-order chi connectivity index (χ1) is 6.36. The lowest BCUT2D eigenvalue weighted by Gasteiger charge is -2.03. The van der Waals surface area contributed by atoms with E-state index in [4.69, 9.17) is 0 Å². The number of pyridine rings is 1. The van der Waals surface area contributed by atoms with Crippen molar-refractivity contribution in [3.8, 4) is 0 Å². The summed E-state index contributed by atoms with van der Waals surface area (Å²) in [6.45, 7) is 5.18. The van der Waals surface area contributed by atoms with Gasteiger partial charge in [0.1, 0.15) is 5.82 Å². The average Bonchev–Trinajstić information content (AvgIpc) is 2.16. The van der Waals surface area contributed by atoms with Crippen molar-refractivity contribution in [3.05, 3.63) is 18.2 Å². The third-order valence-electron chi connectivity index (χ3n) is 1.54. The van der Waals surface area contributed by atoms with E-state index in [-0.39, 0.29) is 0 Å². The summed E-state index contributed by atoms with van der Waals surface area (Å²) < 4.78 is 0. The second-order valence-electron chi connectivity index (χ2n) is 2.74. The largest absolute Gasteiger partial charge is 0.370 e. The van der Waals surface area contributed by atoms with E-state index in [0.29, 0.717) is 0 Å². The van der Waals surface area contributed by atoms with Crippen LogP contribution in [0.1, 0.15) is 20.3 Å². The predicted molar refractivity (Wildman–Crippen MR) is 59.4 cm³/mol. The van der Waals surface area contributed by atoms with Crippen LogP contribution in [0.4, 0.5) is 5.82 Å². The summed E-state index contributed by atoms with van der Waals surface area (Å²) >= 11 is 1.81. The maximum absolute atomic E-state index is 4.45. The molecule has 0 unspecified atom stereocenters. The molecule has 0 aliphatic heterocycles. The molecule has 0 aliphatic carbocycles. The summed E-state index contributed by atoms with van der Waals surface area (Å²) in [5.41, 5.74) is 0. The molecule has 0 bridgehead atoms. The van der Waals surface area contributed by atoms with Gasteiger partial charge in [0.05, 0.1) is 5.03 Å². The number of aromatic nitrogens is 1. The molecule has 0 amide bonds. The summed E-state index contributed by atoms with van der Waals surface area (Å²) in [5.74, 6) is 2.12. The molecule has 0 saturated heterocycles. The molecule has 0 saturated carbocycles. The first-order valence-electron chi connectivity index (χ1n) is 4.70. The summed E-state index contributed by atoms with van der Waals surface area (Å²) in [7, 11) is 0. The van der Waals surface area contributed by atoms with Crippen LogP contribution in [0.3, 0.4) is 0 Å². The minimum atomic E-state index is 0.925. The van der Waals surface area contributed by atoms with Crippen molar-refractivity contribution < 1.29 is 0 Å². The van der Waals surface area contributed by atoms with Gasteiger partial charge in [0, 0.05) is 6.54 Å². The normalized spacial score (nSPS) is 10.0. The average molecular weight is 196 g/mol. The van der Waals surface area contributed by atoms with Crippen LogP contribution in [0.15, 0.2) is 23.2 Å². The van der Waals surface area contributed by atoms with E-state index in [2.05, 4.69) is 30.2 Å². The lowest BCUT2D eigenvalue weighted by molar-refractivity contribution is 1.07. The van der Waals surface area contributed by atoms with Gasteiger partial charge in [-0.2, -0.15) is 0 Å². The van der Waals surface area contributed by atoms with Crippen LogP contribution in [-0.2, 0) is 0 Å². The van der Waals surface area contributed by atoms with Crippen LogP contribution in [0.5, 0.6) is 0 Å². The standard InChI is InChI=1S/C10H16N2S/c1-3-8-13-10-7-5-6-9(12-10)11-4-2/h5-7H,3-4,8H2,1-2H3,(H,11,12). The third kappa shape index (κ3) is 3.68. The number of thioether (sulfide) groups is 1. The number of rotatable bonds is 5. The Kier molecular flexibility index (Phi) is 4.68. The first kappa shape index (κ1) is 10.4. The third-order valence-corrected chi connectivity index (χ3v) is 2.67. The molecule has 3 heteroatoms. The van der Waals surface area contributed by atoms with Crippen LogP contribution >= 0.6 is 11.8 Å². The van der Waals surface area contributed by atoms with Crippen molar-refractivity contribution in [1.82, 2.24) is 4.98 Å². The molecular formula is C10H16N2S. The number of nitrogens with zero attached hydrogens (tertiary/aromatic N) is 1. The molecule has 1 aromatic heterocycles. The van der Waals surface area contributed by atoms with E-state index in [1.165, 1.54) is 6.42 Å². The van der Waals surface area contributed by atoms with E-state index in [1.54, 1.807) is 0 Å². The van der Waals surface area contributed by atoms with Crippen molar-refractivity contribution in [2.24, 2.45) is 0 Å². The molecule has 72 valence electrons. The van der Waals surface area contributed by atoms with E-state index < -0.39 is 0 Å². The Hall–Kier alpha value is -0.700. The molecule has 0 aliphatic rings. The van der Waals surface area contributed by atoms with Gasteiger partial charge in [0.15, 0.2) is 0 Å². The molecule has 1 aromatic rings. The minimum Gasteiger partial charge on any atom is -0.370 e. The van der Waals surface area contributed by atoms with Gasteiger partial charge in [-0.3, -0.25) is 0 Å². The van der Waals surface area contributed by atoms with E-state index in [1.807, 2.05) is 23.9 Å². The second-order valence-corrected chi connectivity index (χ2v) is 3.86. The quantitative estimate of drug-likeness (QED) is 0.733. The summed E-state index contributed by atoms with van der Waals surface area (Å²) in [6, 6.07) is 6.10. The van der Waals surface area contributed by atoms with Gasteiger partial charge in [-0.15, -0.1) is 11.8 Å². The van der Waals surface area contributed by atoms with Crippen LogP contribution in [0.25, 0.3) is 0 Å². The van der Waals surface area contributed by atoms with Crippen molar-refractivity contribution in [2.75, 3.05) is 17.6 Å². The molecule has 0 radical (unpaired) electrons. The number of hydrogen-bond acceptors (Lipinski definition) is 3. The fraction of sp³-hybridized carbons (Fsp3) is 0.500. The van der Waals surface area contributed by atoms with Crippen molar-refractivity contribution >= 4 is 17.6 Å². The van der Waals surface area contributed by atoms with Gasteiger partial charge in [-0.25, -0.2) is 4.98 Å². The monoisotopic (exact) mass is 196 g/mol. The first-order valence-corrected chi connectivity index (χ1v) is 5.69. The van der Waals surface area contributed by atoms with Crippen molar-refractivity contribution in [1.29, 1.82) is 0 Å². The Morgan fingerprint density at radius 3 is 2.92 bits per heavy atom. The van der Waals surface area contributed by atoms with Gasteiger partial charge in [-0.1, -0.05) is 13.0 Å². The SMILES string of the molecule is CCCSc1cccc(NCC)n1. The Morgan fingerprint density at radius 1 is 1.38 bits per heavy atom. The van der Waals surface area contributed by atoms with Gasteiger partial charge >= 0.3 is 0 Å². The van der Waals surface area contributed by atoms with Crippen LogP contribution < -0.4 is 5.32 Å². The van der Waals surface area contributed by atoms with Gasteiger partial charge in [-0.05, 0) is 31.2 Å². The molecular weight excluding hydrogens is 180 g/mol. The van der Waals surface area contributed by atoms with Crippen LogP contribution in [0.2, 0.25) is 0 Å². The highest BCUT2D eigenvalue weighted by molar-refractivity contribution is 7.99. The van der Waals surface area contributed by atoms with Crippen LogP contribution in [0, 0.1) is 0 Å². The number of nitrogens with one attached hydrogen (secondary N) is 1. The smallest absolute Gasteiger partial charge is 0.127 e. The molecule has 1 N–H and O–H groups in total. The maximum Gasteiger partial charge on any atom is 0.127 e. The zero-order valence-corrected chi connectivity index (χ0v) is 9.03. The molecule has 13 heavy (non-hydrogen) atoms. The van der Waals surface area contributed by atoms with Crippen molar-refractivity contribution in [2.45, 2.75) is 25.3 Å². The lowest BCUT2D eigenvalue weighted by atomic mass is 10.4.